The summed E-state index contributed by atoms with van der Waals surface area (Å²) in [6.45, 7) is 2.18. The Balaban J connectivity index is 1.70. The summed E-state index contributed by atoms with van der Waals surface area (Å²) in [4.78, 5) is 6.87. The van der Waals surface area contributed by atoms with E-state index in [1.165, 1.54) is 12.8 Å². The quantitative estimate of drug-likeness (QED) is 0.710. The van der Waals surface area contributed by atoms with E-state index in [-0.39, 0.29) is 0 Å². The maximum Gasteiger partial charge on any atom is 0.203 e. The Kier molecular flexibility index (Phi) is 2.12. The molecule has 3 heterocycles. The number of hydrogen-bond acceptors (Lipinski definition) is 4. The lowest BCUT2D eigenvalue weighted by Crippen LogP contribution is -2.21. The van der Waals surface area contributed by atoms with E-state index in [1.807, 2.05) is 16.8 Å². The van der Waals surface area contributed by atoms with Crippen molar-refractivity contribution in [2.45, 2.75) is 12.8 Å². The summed E-state index contributed by atoms with van der Waals surface area (Å²) in [5, 5.41) is 8.13. The van der Waals surface area contributed by atoms with Gasteiger partial charge in [0.25, 0.3) is 0 Å². The second-order valence-corrected chi connectivity index (χ2v) is 5.18. The molecule has 0 aromatic carbocycles. The summed E-state index contributed by atoms with van der Waals surface area (Å²) in [5.74, 6) is 2.53. The van der Waals surface area contributed by atoms with Crippen LogP contribution in [0, 0.1) is 11.8 Å². The average Bonchev–Trinajstić information content (AvgIpc) is 3.04. The average molecular weight is 241 g/mol. The maximum atomic E-state index is 4.50. The van der Waals surface area contributed by atoms with Gasteiger partial charge >= 0.3 is 0 Å². The number of anilines is 1. The van der Waals surface area contributed by atoms with Crippen molar-refractivity contribution in [2.24, 2.45) is 11.8 Å². The first kappa shape index (κ1) is 10.1. The summed E-state index contributed by atoms with van der Waals surface area (Å²) in [5.41, 5.74) is 0.865. The number of rotatable bonds is 1. The molecule has 2 atom stereocenters. The Morgan fingerprint density at radius 1 is 1.11 bits per heavy atom. The summed E-state index contributed by atoms with van der Waals surface area (Å²) >= 11 is 0. The molecule has 0 amide bonds. The molecule has 2 aromatic rings. The van der Waals surface area contributed by atoms with Crippen LogP contribution in [-0.2, 0) is 0 Å². The SMILES string of the molecule is C1=CC[C@@H]2CN(c3nccn4cnnc34)C[C@H]2C1. The van der Waals surface area contributed by atoms with Crippen molar-refractivity contribution in [1.82, 2.24) is 19.6 Å². The molecule has 92 valence electrons. The van der Waals surface area contributed by atoms with Crippen molar-refractivity contribution in [3.63, 3.8) is 0 Å². The Hall–Kier alpha value is -1.91. The van der Waals surface area contributed by atoms with E-state index in [4.69, 9.17) is 0 Å². The lowest BCUT2D eigenvalue weighted by molar-refractivity contribution is 0.411. The molecule has 0 N–H and O–H groups in total. The van der Waals surface area contributed by atoms with Gasteiger partial charge in [0.15, 0.2) is 5.82 Å². The Morgan fingerprint density at radius 2 is 1.89 bits per heavy atom. The number of hydrogen-bond donors (Lipinski definition) is 0. The van der Waals surface area contributed by atoms with Crippen LogP contribution in [0.1, 0.15) is 12.8 Å². The molecule has 18 heavy (non-hydrogen) atoms. The molecular weight excluding hydrogens is 226 g/mol. The molecule has 4 rings (SSSR count). The predicted molar refractivity (Wildman–Crippen MR) is 68.3 cm³/mol. The monoisotopic (exact) mass is 241 g/mol. The van der Waals surface area contributed by atoms with E-state index in [0.29, 0.717) is 0 Å². The minimum absolute atomic E-state index is 0.778. The standard InChI is InChI=1S/C13H15N5/c1-2-4-11-8-18(7-10(11)3-1)12-13-16-15-9-17(13)6-5-14-12/h1-2,5-6,9-11H,3-4,7-8H2/t10-,11-/m1/s1. The van der Waals surface area contributed by atoms with Gasteiger partial charge in [0.05, 0.1) is 0 Å². The second kappa shape index (κ2) is 3.80. The first-order valence-corrected chi connectivity index (χ1v) is 6.46. The van der Waals surface area contributed by atoms with Gasteiger partial charge in [-0.3, -0.25) is 4.40 Å². The van der Waals surface area contributed by atoms with Crippen LogP contribution in [0.3, 0.4) is 0 Å². The molecule has 0 radical (unpaired) electrons. The van der Waals surface area contributed by atoms with Gasteiger partial charge in [0.1, 0.15) is 6.33 Å². The minimum Gasteiger partial charge on any atom is -0.353 e. The van der Waals surface area contributed by atoms with Gasteiger partial charge in [-0.05, 0) is 24.7 Å². The fourth-order valence-electron chi connectivity index (χ4n) is 3.16. The largest absolute Gasteiger partial charge is 0.353 e. The Morgan fingerprint density at radius 3 is 2.67 bits per heavy atom. The predicted octanol–water partition coefficient (Wildman–Crippen LogP) is 1.53. The number of aromatic nitrogens is 4. The Labute approximate surface area is 105 Å². The lowest BCUT2D eigenvalue weighted by Gasteiger charge is -2.17. The van der Waals surface area contributed by atoms with E-state index in [1.54, 1.807) is 6.33 Å². The highest BCUT2D eigenvalue weighted by Gasteiger charge is 2.34. The van der Waals surface area contributed by atoms with Crippen molar-refractivity contribution in [2.75, 3.05) is 18.0 Å². The van der Waals surface area contributed by atoms with Gasteiger partial charge in [0.2, 0.25) is 5.65 Å². The molecule has 0 unspecified atom stereocenters. The van der Waals surface area contributed by atoms with Crippen LogP contribution in [0.25, 0.3) is 5.65 Å². The van der Waals surface area contributed by atoms with Crippen molar-refractivity contribution in [3.8, 4) is 0 Å². The third kappa shape index (κ3) is 1.43. The molecule has 1 aliphatic heterocycles. The van der Waals surface area contributed by atoms with Crippen LogP contribution < -0.4 is 4.90 Å². The zero-order chi connectivity index (χ0) is 11.9. The van der Waals surface area contributed by atoms with Crippen LogP contribution in [-0.4, -0.2) is 32.7 Å². The number of fused-ring (bicyclic) bond motifs is 2. The molecule has 5 heteroatoms. The molecule has 1 saturated heterocycles. The van der Waals surface area contributed by atoms with E-state index in [0.717, 1.165) is 36.4 Å². The van der Waals surface area contributed by atoms with Gasteiger partial charge < -0.3 is 4.90 Å². The van der Waals surface area contributed by atoms with E-state index < -0.39 is 0 Å². The smallest absolute Gasteiger partial charge is 0.203 e. The highest BCUT2D eigenvalue weighted by molar-refractivity contribution is 5.63. The van der Waals surface area contributed by atoms with Crippen molar-refractivity contribution in [3.05, 3.63) is 30.9 Å². The summed E-state index contributed by atoms with van der Waals surface area (Å²) in [6, 6.07) is 0. The molecule has 1 aliphatic carbocycles. The van der Waals surface area contributed by atoms with E-state index >= 15 is 0 Å². The van der Waals surface area contributed by atoms with Crippen molar-refractivity contribution in [1.29, 1.82) is 0 Å². The second-order valence-electron chi connectivity index (χ2n) is 5.18. The van der Waals surface area contributed by atoms with Gasteiger partial charge in [-0.1, -0.05) is 12.2 Å². The molecule has 2 aromatic heterocycles. The zero-order valence-corrected chi connectivity index (χ0v) is 10.1. The van der Waals surface area contributed by atoms with Gasteiger partial charge in [0, 0.05) is 25.5 Å². The van der Waals surface area contributed by atoms with Crippen LogP contribution in [0.4, 0.5) is 5.82 Å². The van der Waals surface area contributed by atoms with Gasteiger partial charge in [-0.2, -0.15) is 0 Å². The molecule has 0 spiro atoms. The fourth-order valence-corrected chi connectivity index (χ4v) is 3.16. The topological polar surface area (TPSA) is 46.3 Å². The molecule has 5 nitrogen and oxygen atoms in total. The molecule has 0 saturated carbocycles. The highest BCUT2D eigenvalue weighted by Crippen LogP contribution is 2.35. The van der Waals surface area contributed by atoms with Crippen LogP contribution >= 0.6 is 0 Å². The maximum absolute atomic E-state index is 4.50. The van der Waals surface area contributed by atoms with Crippen molar-refractivity contribution >= 4 is 11.5 Å². The first-order valence-electron chi connectivity index (χ1n) is 6.46. The molecule has 1 fully saturated rings. The number of nitrogens with zero attached hydrogens (tertiary/aromatic N) is 5. The third-order valence-electron chi connectivity index (χ3n) is 4.12. The van der Waals surface area contributed by atoms with Crippen molar-refractivity contribution < 1.29 is 0 Å². The summed E-state index contributed by atoms with van der Waals surface area (Å²) in [7, 11) is 0. The first-order chi connectivity index (χ1) is 8.92. The molecule has 2 aliphatic rings. The van der Waals surface area contributed by atoms with Crippen LogP contribution in [0.15, 0.2) is 30.9 Å². The van der Waals surface area contributed by atoms with Crippen LogP contribution in [0.5, 0.6) is 0 Å². The normalized spacial score (nSPS) is 26.8. The zero-order valence-electron chi connectivity index (χ0n) is 10.1. The van der Waals surface area contributed by atoms with E-state index in [2.05, 4.69) is 32.2 Å². The Bertz CT molecular complexity index is 586. The lowest BCUT2D eigenvalue weighted by atomic mass is 9.86. The minimum atomic E-state index is 0.778. The molecular formula is C13H15N5. The van der Waals surface area contributed by atoms with E-state index in [9.17, 15) is 0 Å². The van der Waals surface area contributed by atoms with Gasteiger partial charge in [-0.15, -0.1) is 10.2 Å². The summed E-state index contributed by atoms with van der Waals surface area (Å²) in [6.07, 6.45) is 12.5. The highest BCUT2D eigenvalue weighted by atomic mass is 15.3. The number of allylic oxidation sites excluding steroid dienone is 2. The van der Waals surface area contributed by atoms with Gasteiger partial charge in [-0.25, -0.2) is 4.98 Å². The summed E-state index contributed by atoms with van der Waals surface area (Å²) < 4.78 is 1.93. The third-order valence-corrected chi connectivity index (χ3v) is 4.12. The van der Waals surface area contributed by atoms with Crippen LogP contribution in [0.2, 0.25) is 0 Å². The fraction of sp³-hybridized carbons (Fsp3) is 0.462. The molecule has 0 bridgehead atoms.